The standard InChI is InChI=1S/C5H9NO3S/c1-5(7)4-6-2-3-10(6,8)9/h2-4H2,1H3. The van der Waals surface area contributed by atoms with Gasteiger partial charge in [0.05, 0.1) is 12.3 Å². The number of Topliss-reactive ketones (excluding diaryl/α,β-unsaturated/α-hetero) is 1. The second-order valence-electron chi connectivity index (χ2n) is 2.35. The monoisotopic (exact) mass is 163 g/mol. The number of sulfonamides is 1. The molecule has 0 bridgehead atoms. The molecule has 1 fully saturated rings. The van der Waals surface area contributed by atoms with Crippen LogP contribution in [-0.2, 0) is 14.8 Å². The van der Waals surface area contributed by atoms with Crippen LogP contribution in [0.25, 0.3) is 0 Å². The topological polar surface area (TPSA) is 54.5 Å². The van der Waals surface area contributed by atoms with Gasteiger partial charge in [0.2, 0.25) is 10.0 Å². The summed E-state index contributed by atoms with van der Waals surface area (Å²) in [6.07, 6.45) is 0. The Kier molecular flexibility index (Phi) is 1.78. The largest absolute Gasteiger partial charge is 0.299 e. The number of rotatable bonds is 2. The highest BCUT2D eigenvalue weighted by Gasteiger charge is 2.32. The summed E-state index contributed by atoms with van der Waals surface area (Å²) >= 11 is 0. The zero-order chi connectivity index (χ0) is 7.78. The Labute approximate surface area is 59.9 Å². The molecule has 1 aliphatic rings. The molecule has 0 aromatic carbocycles. The molecule has 1 heterocycles. The number of hydrogen-bond donors (Lipinski definition) is 0. The van der Waals surface area contributed by atoms with Crippen LogP contribution >= 0.6 is 0 Å². The van der Waals surface area contributed by atoms with E-state index < -0.39 is 10.0 Å². The lowest BCUT2D eigenvalue weighted by Gasteiger charge is -2.28. The Morgan fingerprint density at radius 1 is 1.60 bits per heavy atom. The summed E-state index contributed by atoms with van der Waals surface area (Å²) in [4.78, 5) is 10.4. The molecule has 0 aliphatic carbocycles. The van der Waals surface area contributed by atoms with Crippen molar-refractivity contribution >= 4 is 15.8 Å². The maximum Gasteiger partial charge on any atom is 0.215 e. The van der Waals surface area contributed by atoms with Gasteiger partial charge in [-0.1, -0.05) is 0 Å². The minimum atomic E-state index is -3.00. The van der Waals surface area contributed by atoms with Gasteiger partial charge < -0.3 is 0 Å². The summed E-state index contributed by atoms with van der Waals surface area (Å²) < 4.78 is 22.6. The fourth-order valence-corrected chi connectivity index (χ4v) is 1.91. The van der Waals surface area contributed by atoms with Crippen molar-refractivity contribution in [2.75, 3.05) is 18.8 Å². The van der Waals surface area contributed by atoms with Crippen LogP contribution < -0.4 is 0 Å². The first-order chi connectivity index (χ1) is 4.52. The zero-order valence-corrected chi connectivity index (χ0v) is 6.52. The van der Waals surface area contributed by atoms with Crippen molar-refractivity contribution in [1.82, 2.24) is 4.31 Å². The summed E-state index contributed by atoms with van der Waals surface area (Å²) in [5, 5.41) is 0. The maximum atomic E-state index is 10.7. The number of nitrogens with zero attached hydrogens (tertiary/aromatic N) is 1. The van der Waals surface area contributed by atoms with E-state index in [1.165, 1.54) is 11.2 Å². The van der Waals surface area contributed by atoms with E-state index in [9.17, 15) is 13.2 Å². The summed E-state index contributed by atoms with van der Waals surface area (Å²) in [6, 6.07) is 0. The first-order valence-electron chi connectivity index (χ1n) is 2.99. The normalized spacial score (nSPS) is 23.7. The van der Waals surface area contributed by atoms with E-state index in [1.54, 1.807) is 0 Å². The van der Waals surface area contributed by atoms with Crippen molar-refractivity contribution in [1.29, 1.82) is 0 Å². The van der Waals surface area contributed by atoms with E-state index in [0.717, 1.165) is 0 Å². The van der Waals surface area contributed by atoms with Crippen molar-refractivity contribution in [3.05, 3.63) is 0 Å². The number of hydrogen-bond acceptors (Lipinski definition) is 3. The third-order valence-corrected chi connectivity index (χ3v) is 3.19. The molecule has 5 heteroatoms. The Morgan fingerprint density at radius 3 is 2.30 bits per heavy atom. The van der Waals surface area contributed by atoms with E-state index in [-0.39, 0.29) is 18.1 Å². The zero-order valence-electron chi connectivity index (χ0n) is 5.70. The van der Waals surface area contributed by atoms with Gasteiger partial charge in [0.15, 0.2) is 0 Å². The molecular formula is C5H9NO3S. The Hall–Kier alpha value is -0.420. The lowest BCUT2D eigenvalue weighted by molar-refractivity contribution is -0.117. The Morgan fingerprint density at radius 2 is 2.20 bits per heavy atom. The van der Waals surface area contributed by atoms with E-state index in [1.807, 2.05) is 0 Å². The summed E-state index contributed by atoms with van der Waals surface area (Å²) in [6.45, 7) is 1.93. The fraction of sp³-hybridized carbons (Fsp3) is 0.800. The van der Waals surface area contributed by atoms with Gasteiger partial charge >= 0.3 is 0 Å². The Bertz CT molecular complexity index is 244. The van der Waals surface area contributed by atoms with E-state index in [0.29, 0.717) is 6.54 Å². The first kappa shape index (κ1) is 7.68. The van der Waals surface area contributed by atoms with Crippen molar-refractivity contribution in [2.24, 2.45) is 0 Å². The smallest absolute Gasteiger partial charge is 0.215 e. The SMILES string of the molecule is CC(=O)CN1CCS1(=O)=O. The molecule has 0 atom stereocenters. The first-order valence-corrected chi connectivity index (χ1v) is 4.60. The molecule has 0 amide bonds. The molecule has 0 aromatic rings. The van der Waals surface area contributed by atoms with Crippen LogP contribution in [0, 0.1) is 0 Å². The van der Waals surface area contributed by atoms with E-state index in [4.69, 9.17) is 0 Å². The molecule has 0 saturated carbocycles. The maximum absolute atomic E-state index is 10.7. The molecule has 4 nitrogen and oxygen atoms in total. The van der Waals surface area contributed by atoms with E-state index in [2.05, 4.69) is 0 Å². The van der Waals surface area contributed by atoms with Crippen LogP contribution in [0.3, 0.4) is 0 Å². The van der Waals surface area contributed by atoms with Crippen LogP contribution in [0.15, 0.2) is 0 Å². The third kappa shape index (κ3) is 1.35. The Balaban J connectivity index is 2.54. The number of carbonyl (C=O) groups is 1. The van der Waals surface area contributed by atoms with Gasteiger partial charge in [0.1, 0.15) is 5.78 Å². The highest BCUT2D eigenvalue weighted by Crippen LogP contribution is 2.11. The highest BCUT2D eigenvalue weighted by atomic mass is 32.2. The highest BCUT2D eigenvalue weighted by molar-refractivity contribution is 7.90. The van der Waals surface area contributed by atoms with Gasteiger partial charge in [-0.2, -0.15) is 4.31 Å². The average molecular weight is 163 g/mol. The van der Waals surface area contributed by atoms with Crippen molar-refractivity contribution in [2.45, 2.75) is 6.92 Å². The average Bonchev–Trinajstić information content (AvgIpc) is 1.81. The molecule has 1 saturated heterocycles. The molecule has 0 spiro atoms. The van der Waals surface area contributed by atoms with Crippen molar-refractivity contribution in [3.63, 3.8) is 0 Å². The van der Waals surface area contributed by atoms with E-state index >= 15 is 0 Å². The van der Waals surface area contributed by atoms with Gasteiger partial charge in [-0.25, -0.2) is 8.42 Å². The van der Waals surface area contributed by atoms with Crippen LogP contribution in [0.4, 0.5) is 0 Å². The van der Waals surface area contributed by atoms with Crippen molar-refractivity contribution in [3.8, 4) is 0 Å². The lowest BCUT2D eigenvalue weighted by Crippen LogP contribution is -2.49. The van der Waals surface area contributed by atoms with Gasteiger partial charge in [-0.15, -0.1) is 0 Å². The molecule has 10 heavy (non-hydrogen) atoms. The lowest BCUT2D eigenvalue weighted by atomic mass is 10.4. The predicted octanol–water partition coefficient (Wildman–Crippen LogP) is -0.779. The molecule has 1 rings (SSSR count). The van der Waals surface area contributed by atoms with Crippen LogP contribution in [0.5, 0.6) is 0 Å². The van der Waals surface area contributed by atoms with Crippen LogP contribution in [0.1, 0.15) is 6.92 Å². The number of carbonyl (C=O) groups excluding carboxylic acids is 1. The molecule has 1 aliphatic heterocycles. The fourth-order valence-electron chi connectivity index (χ4n) is 0.795. The number of ketones is 1. The second-order valence-corrected chi connectivity index (χ2v) is 4.44. The second kappa shape index (κ2) is 2.32. The van der Waals surface area contributed by atoms with Gasteiger partial charge in [0.25, 0.3) is 0 Å². The molecule has 0 N–H and O–H groups in total. The molecule has 0 aromatic heterocycles. The van der Waals surface area contributed by atoms with Gasteiger partial charge in [-0.05, 0) is 6.92 Å². The van der Waals surface area contributed by atoms with Crippen LogP contribution in [-0.4, -0.2) is 37.3 Å². The predicted molar refractivity (Wildman–Crippen MR) is 36.0 cm³/mol. The quantitative estimate of drug-likeness (QED) is 0.536. The molecule has 0 unspecified atom stereocenters. The summed E-state index contributed by atoms with van der Waals surface area (Å²) in [7, 11) is -3.00. The molecular weight excluding hydrogens is 154 g/mol. The molecule has 58 valence electrons. The minimum absolute atomic E-state index is 0.0440. The summed E-state index contributed by atoms with van der Waals surface area (Å²) in [5.41, 5.74) is 0. The summed E-state index contributed by atoms with van der Waals surface area (Å²) in [5.74, 6) is 0.0866. The van der Waals surface area contributed by atoms with Crippen molar-refractivity contribution < 1.29 is 13.2 Å². The van der Waals surface area contributed by atoms with Gasteiger partial charge in [0, 0.05) is 6.54 Å². The third-order valence-electron chi connectivity index (χ3n) is 1.39. The van der Waals surface area contributed by atoms with Crippen LogP contribution in [0.2, 0.25) is 0 Å². The molecule has 0 radical (unpaired) electrons. The van der Waals surface area contributed by atoms with Gasteiger partial charge in [-0.3, -0.25) is 4.79 Å². The minimum Gasteiger partial charge on any atom is -0.299 e.